The molecule has 7 rings (SSSR count). The number of H-pyrrole nitrogens is 2. The fourth-order valence-corrected chi connectivity index (χ4v) is 5.90. The van der Waals surface area contributed by atoms with Gasteiger partial charge in [0.15, 0.2) is 5.65 Å². The maximum absolute atomic E-state index is 13.1. The van der Waals surface area contributed by atoms with Gasteiger partial charge in [0.1, 0.15) is 17.1 Å². The zero-order valence-corrected chi connectivity index (χ0v) is 26.4. The van der Waals surface area contributed by atoms with Crippen molar-refractivity contribution < 1.29 is 52.9 Å². The Morgan fingerprint density at radius 1 is 0.907 bits per heavy atom. The van der Waals surface area contributed by atoms with Crippen molar-refractivity contribution in [2.24, 2.45) is 4.99 Å². The number of allylic oxidation sites excluding steroid dienone is 1. The molecule has 0 saturated carbocycles. The molecule has 0 radical (unpaired) electrons. The van der Waals surface area contributed by atoms with E-state index in [4.69, 9.17) is 9.47 Å². The molecule has 0 amide bonds. The van der Waals surface area contributed by atoms with E-state index in [0.717, 1.165) is 40.0 Å². The second kappa shape index (κ2) is 13.4. The van der Waals surface area contributed by atoms with Crippen LogP contribution in [0.3, 0.4) is 0 Å². The van der Waals surface area contributed by atoms with Gasteiger partial charge in [-0.25, -0.2) is 22.4 Å². The number of aliphatic imine (C=N–C) groups is 1. The van der Waals surface area contributed by atoms with E-state index in [2.05, 4.69) is 36.2 Å². The molecule has 14 heteroatoms. The van der Waals surface area contributed by atoms with Crippen molar-refractivity contribution in [3.05, 3.63) is 91.3 Å². The Balaban J connectivity index is 0.000000204. The Morgan fingerprint density at radius 3 is 2.28 bits per heavy atom. The van der Waals surface area contributed by atoms with Crippen LogP contribution >= 0.6 is 0 Å². The molecule has 43 heavy (non-hydrogen) atoms. The van der Waals surface area contributed by atoms with Crippen molar-refractivity contribution in [2.75, 3.05) is 20.8 Å². The fourth-order valence-electron chi connectivity index (χ4n) is 4.56. The summed E-state index contributed by atoms with van der Waals surface area (Å²) < 4.78 is 37.7. The Morgan fingerprint density at radius 2 is 1.63 bits per heavy atom. The molecule has 214 valence electrons. The van der Waals surface area contributed by atoms with Crippen LogP contribution in [0.25, 0.3) is 38.8 Å². The summed E-state index contributed by atoms with van der Waals surface area (Å²) in [7, 11) is -0.589. The number of nitrogens with one attached hydrogen (secondary N) is 2. The van der Waals surface area contributed by atoms with Gasteiger partial charge in [0.25, 0.3) is 10.0 Å². The van der Waals surface area contributed by atoms with Crippen LogP contribution in [0, 0.1) is 0 Å². The number of rotatable bonds is 6. The van der Waals surface area contributed by atoms with Gasteiger partial charge in [0.2, 0.25) is 0 Å². The first-order valence-electron chi connectivity index (χ1n) is 12.6. The standard InChI is InChI=1S/C17H14N4O3S.C12H11N3O.Na.H2O/c1-24-13-7-15-16(12-8-19-20-9-12)11-21(17(15)18-10-13)25(22,23)14-5-3-2-4-6-14;1-16-9-4-10-11(8-2-3-13-5-8)7-15-12(10)14-6-9;;/h2-11H,1H3,(H,19,20);2,4-7H,3H2,1H3,(H,14,15);;1H2/q;;+1;/p-1. The normalized spacial score (nSPS) is 12.2. The molecule has 1 aliphatic heterocycles. The molecule has 3 N–H and O–H groups in total. The zero-order chi connectivity index (χ0) is 28.4. The van der Waals surface area contributed by atoms with E-state index >= 15 is 0 Å². The van der Waals surface area contributed by atoms with Gasteiger partial charge >= 0.3 is 29.6 Å². The number of ether oxygens (including phenoxy) is 2. The molecule has 0 saturated heterocycles. The van der Waals surface area contributed by atoms with Crippen LogP contribution in [-0.4, -0.2) is 70.0 Å². The average molecular weight is 608 g/mol. The third-order valence-electron chi connectivity index (χ3n) is 6.63. The van der Waals surface area contributed by atoms with Gasteiger partial charge in [-0.05, 0) is 29.8 Å². The predicted octanol–water partition coefficient (Wildman–Crippen LogP) is 1.54. The SMILES string of the molecule is COc1cnc2[nH]cc(C3=CCN=C3)c2c1.COc1cnc2c(c1)c(-c1cn[nH]c1)cn2S(=O)(=O)c1ccccc1.[Na+].[OH-]. The summed E-state index contributed by atoms with van der Waals surface area (Å²) in [5.74, 6) is 1.32. The smallest absolute Gasteiger partial charge is 0.870 e. The molecular weight excluding hydrogens is 581 g/mol. The predicted molar refractivity (Wildman–Crippen MR) is 159 cm³/mol. The molecule has 1 aromatic carbocycles. The van der Waals surface area contributed by atoms with E-state index in [1.165, 1.54) is 17.3 Å². The van der Waals surface area contributed by atoms with Crippen LogP contribution in [-0.2, 0) is 10.0 Å². The first-order valence-corrected chi connectivity index (χ1v) is 14.0. The van der Waals surface area contributed by atoms with E-state index in [9.17, 15) is 8.42 Å². The number of pyridine rings is 2. The van der Waals surface area contributed by atoms with Crippen molar-refractivity contribution in [3.63, 3.8) is 0 Å². The Bertz CT molecular complexity index is 2020. The van der Waals surface area contributed by atoms with E-state index in [-0.39, 0.29) is 39.9 Å². The Kier molecular flexibility index (Phi) is 9.84. The number of nitrogens with zero attached hydrogens (tertiary/aromatic N) is 5. The van der Waals surface area contributed by atoms with Crippen molar-refractivity contribution >= 4 is 43.9 Å². The molecule has 0 unspecified atom stereocenters. The summed E-state index contributed by atoms with van der Waals surface area (Å²) in [5.41, 5.74) is 4.94. The topological polar surface area (TPSA) is 170 Å². The molecular formula is C29H26N7NaO5S. The molecule has 0 bridgehead atoms. The van der Waals surface area contributed by atoms with Gasteiger partial charge in [-0.1, -0.05) is 24.3 Å². The number of hydrogen-bond donors (Lipinski definition) is 2. The maximum Gasteiger partial charge on any atom is 1.00 e. The second-order valence-corrected chi connectivity index (χ2v) is 10.8. The van der Waals surface area contributed by atoms with Gasteiger partial charge in [-0.3, -0.25) is 10.1 Å². The minimum atomic E-state index is -3.77. The van der Waals surface area contributed by atoms with Crippen LogP contribution < -0.4 is 39.0 Å². The summed E-state index contributed by atoms with van der Waals surface area (Å²) >= 11 is 0. The summed E-state index contributed by atoms with van der Waals surface area (Å²) in [4.78, 5) is 16.1. The van der Waals surface area contributed by atoms with Gasteiger partial charge < -0.3 is 19.9 Å². The quantitative estimate of drug-likeness (QED) is 0.269. The van der Waals surface area contributed by atoms with Crippen LogP contribution in [0.1, 0.15) is 5.56 Å². The van der Waals surface area contributed by atoms with Crippen molar-refractivity contribution in [1.82, 2.24) is 29.1 Å². The van der Waals surface area contributed by atoms with E-state index in [0.29, 0.717) is 22.3 Å². The monoisotopic (exact) mass is 607 g/mol. The van der Waals surface area contributed by atoms with E-state index < -0.39 is 10.0 Å². The molecule has 0 aliphatic carbocycles. The van der Waals surface area contributed by atoms with Crippen LogP contribution in [0.2, 0.25) is 0 Å². The van der Waals surface area contributed by atoms with Gasteiger partial charge in [0, 0.05) is 52.3 Å². The number of benzene rings is 1. The van der Waals surface area contributed by atoms with Gasteiger partial charge in [0.05, 0.1) is 44.3 Å². The molecule has 0 fully saturated rings. The maximum atomic E-state index is 13.1. The fraction of sp³-hybridized carbons (Fsp3) is 0.103. The number of aromatic amines is 2. The van der Waals surface area contributed by atoms with Crippen LogP contribution in [0.5, 0.6) is 11.5 Å². The van der Waals surface area contributed by atoms with Crippen molar-refractivity contribution in [3.8, 4) is 22.6 Å². The minimum absolute atomic E-state index is 0. The first-order chi connectivity index (χ1) is 20.0. The third kappa shape index (κ3) is 6.12. The Labute approximate surface area is 269 Å². The van der Waals surface area contributed by atoms with E-state index in [1.807, 2.05) is 18.5 Å². The Hall–Kier alpha value is -4.27. The van der Waals surface area contributed by atoms with Gasteiger partial charge in [-0.15, -0.1) is 0 Å². The molecule has 1 aliphatic rings. The summed E-state index contributed by atoms with van der Waals surface area (Å²) in [6.45, 7) is 0.763. The third-order valence-corrected chi connectivity index (χ3v) is 8.30. The second-order valence-electron chi connectivity index (χ2n) is 9.02. The molecule has 12 nitrogen and oxygen atoms in total. The summed E-state index contributed by atoms with van der Waals surface area (Å²) in [6, 6.07) is 12.0. The zero-order valence-electron chi connectivity index (χ0n) is 23.6. The minimum Gasteiger partial charge on any atom is -0.870 e. The number of fused-ring (bicyclic) bond motifs is 2. The molecule has 5 aromatic heterocycles. The van der Waals surface area contributed by atoms with Crippen molar-refractivity contribution in [1.29, 1.82) is 0 Å². The number of methoxy groups -OCH3 is 2. The van der Waals surface area contributed by atoms with Crippen LogP contribution in [0.4, 0.5) is 0 Å². The van der Waals surface area contributed by atoms with Crippen LogP contribution in [0.15, 0.2) is 95.6 Å². The summed E-state index contributed by atoms with van der Waals surface area (Å²) in [6.07, 6.45) is 14.1. The van der Waals surface area contributed by atoms with Crippen molar-refractivity contribution in [2.45, 2.75) is 4.90 Å². The van der Waals surface area contributed by atoms with E-state index in [1.54, 1.807) is 68.3 Å². The average Bonchev–Trinajstić information content (AvgIpc) is 3.83. The first kappa shape index (κ1) is 31.7. The molecule has 0 spiro atoms. The summed E-state index contributed by atoms with van der Waals surface area (Å²) in [5, 5.41) is 8.42. The number of aromatic nitrogens is 6. The van der Waals surface area contributed by atoms with Gasteiger partial charge in [-0.2, -0.15) is 5.10 Å². The molecule has 6 aromatic rings. The molecule has 6 heterocycles. The molecule has 0 atom stereocenters. The number of hydrogen-bond acceptors (Lipinski definition) is 9. The largest absolute Gasteiger partial charge is 1.00 e.